The van der Waals surface area contributed by atoms with Crippen molar-refractivity contribution >= 4 is 29.4 Å². The number of carbonyl (C=O) groups excluding carboxylic acids is 5. The van der Waals surface area contributed by atoms with Crippen molar-refractivity contribution < 1.29 is 33.4 Å². The number of hydrogen-bond acceptors (Lipinski definition) is 8. The van der Waals surface area contributed by atoms with Gasteiger partial charge in [0, 0.05) is 13.1 Å². The Balaban J connectivity index is 0.000000696. The van der Waals surface area contributed by atoms with Crippen LogP contribution in [0.3, 0.4) is 0 Å². The highest BCUT2D eigenvalue weighted by Gasteiger charge is 2.50. The second kappa shape index (κ2) is 26.6. The lowest BCUT2D eigenvalue weighted by molar-refractivity contribution is -0.132. The Morgan fingerprint density at radius 2 is 1.22 bits per heavy atom. The Labute approximate surface area is 323 Å². The molecule has 54 heavy (non-hydrogen) atoms. The molecule has 12 nitrogen and oxygen atoms in total. The van der Waals surface area contributed by atoms with E-state index in [0.29, 0.717) is 45.8 Å². The van der Waals surface area contributed by atoms with Crippen LogP contribution in [0, 0.1) is 18.8 Å². The van der Waals surface area contributed by atoms with Gasteiger partial charge in [0.15, 0.2) is 5.78 Å². The summed E-state index contributed by atoms with van der Waals surface area (Å²) in [5, 5.41) is 10.5. The first-order valence-corrected chi connectivity index (χ1v) is 19.4. The van der Waals surface area contributed by atoms with Crippen LogP contribution in [0.4, 0.5) is 0 Å². The van der Waals surface area contributed by atoms with E-state index in [9.17, 15) is 24.0 Å². The minimum Gasteiger partial charge on any atom is -0.379 e. The summed E-state index contributed by atoms with van der Waals surface area (Å²) in [4.78, 5) is 64.5. The van der Waals surface area contributed by atoms with Crippen LogP contribution in [0.15, 0.2) is 60.7 Å². The third-order valence-electron chi connectivity index (χ3n) is 8.35. The van der Waals surface area contributed by atoms with Crippen molar-refractivity contribution in [3.05, 3.63) is 71.8 Å². The summed E-state index contributed by atoms with van der Waals surface area (Å²) < 4.78 is 10.5. The molecule has 2 saturated heterocycles. The van der Waals surface area contributed by atoms with E-state index >= 15 is 0 Å². The van der Waals surface area contributed by atoms with Crippen LogP contribution in [-0.4, -0.2) is 105 Å². The van der Waals surface area contributed by atoms with Crippen LogP contribution in [0.5, 0.6) is 0 Å². The number of nitrogens with one attached hydrogen (secondary N) is 4. The van der Waals surface area contributed by atoms with Crippen LogP contribution in [0.25, 0.3) is 0 Å². The monoisotopic (exact) mass is 754 g/mol. The molecule has 0 radical (unpaired) electrons. The smallest absolute Gasteiger partial charge is 0.243 e. The molecule has 2 fully saturated rings. The molecule has 2 aromatic carbocycles. The number of Topliss-reactive ketones (excluding diaryl/α,β-unsaturated/α-hetero) is 1. The maximum Gasteiger partial charge on any atom is 0.243 e. The summed E-state index contributed by atoms with van der Waals surface area (Å²) in [6.07, 6.45) is 1.95. The first-order chi connectivity index (χ1) is 25.7. The molecule has 0 saturated carbocycles. The standard InChI is InChI=1S/C25H43N5O7.C8H10.C7H8.C2H6/c1-16(2)10-18(23(34)25(5)15-37-25)28-21(32)13-27-24(35)19(11-17(3)4)29-20(31)12-26-22(33)14-30-6-8-36-9-7-30;1-2-8-6-4-3-5-7-8;1-7-5-3-2-4-6-7;1-2/h16-19H,6-15H2,1-5H3,(H,26,33)(H,27,35)(H,28,32)(H,29,31);3-7H,2H2,1H3;2-6H,1H3;1-2H3/t18-,19?,25+;;;/m0.../s1. The number of epoxide rings is 1. The van der Waals surface area contributed by atoms with Gasteiger partial charge in [-0.1, -0.05) is 115 Å². The predicted octanol–water partition coefficient (Wildman–Crippen LogP) is 4.24. The van der Waals surface area contributed by atoms with E-state index in [1.807, 2.05) is 70.7 Å². The Hall–Kier alpha value is -4.13. The summed E-state index contributed by atoms with van der Waals surface area (Å²) in [6, 6.07) is 19.1. The van der Waals surface area contributed by atoms with Crippen LogP contribution in [0.2, 0.25) is 0 Å². The SMILES string of the molecule is CC.CC(C)CC(NC(=O)CNC(=O)CN1CCOCC1)C(=O)NCC(=O)N[C@@H](CC(C)C)C(=O)[C@@]1(C)CO1.CCc1ccccc1.Cc1ccccc1. The Bertz CT molecular complexity index is 1380. The van der Waals surface area contributed by atoms with E-state index in [1.54, 1.807) is 6.92 Å². The number of aryl methyl sites for hydroxylation is 2. The Kier molecular flexibility index (Phi) is 23.6. The lowest BCUT2D eigenvalue weighted by Crippen LogP contribution is -2.53. The fourth-order valence-electron chi connectivity index (χ4n) is 5.25. The van der Waals surface area contributed by atoms with Crippen LogP contribution >= 0.6 is 0 Å². The van der Waals surface area contributed by atoms with Gasteiger partial charge in [-0.15, -0.1) is 0 Å². The maximum atomic E-state index is 12.8. The number of benzene rings is 2. The normalized spacial score (nSPS) is 17.1. The topological polar surface area (TPSA) is 158 Å². The van der Waals surface area contributed by atoms with Gasteiger partial charge >= 0.3 is 0 Å². The van der Waals surface area contributed by atoms with Crippen molar-refractivity contribution in [3.63, 3.8) is 0 Å². The molecule has 4 rings (SSSR count). The Morgan fingerprint density at radius 1 is 0.741 bits per heavy atom. The highest BCUT2D eigenvalue weighted by atomic mass is 16.6. The van der Waals surface area contributed by atoms with E-state index in [1.165, 1.54) is 11.1 Å². The molecule has 2 aliphatic heterocycles. The van der Waals surface area contributed by atoms with E-state index in [-0.39, 0.29) is 43.2 Å². The van der Waals surface area contributed by atoms with Crippen molar-refractivity contribution in [2.75, 3.05) is 52.5 Å². The second-order valence-electron chi connectivity index (χ2n) is 14.3. The number of morpholine rings is 1. The average molecular weight is 754 g/mol. The molecule has 3 atom stereocenters. The zero-order valence-electron chi connectivity index (χ0n) is 34.2. The van der Waals surface area contributed by atoms with E-state index < -0.39 is 35.4 Å². The number of carbonyl (C=O) groups is 5. The minimum atomic E-state index is -0.872. The minimum absolute atomic E-state index is 0.0908. The third-order valence-corrected chi connectivity index (χ3v) is 8.35. The second-order valence-corrected chi connectivity index (χ2v) is 14.3. The summed E-state index contributed by atoms with van der Waals surface area (Å²) in [6.45, 7) is 20.0. The van der Waals surface area contributed by atoms with Crippen molar-refractivity contribution in [2.45, 2.75) is 99.3 Å². The van der Waals surface area contributed by atoms with Gasteiger partial charge < -0.3 is 30.7 Å². The molecule has 4 N–H and O–H groups in total. The van der Waals surface area contributed by atoms with Gasteiger partial charge in [-0.2, -0.15) is 0 Å². The van der Waals surface area contributed by atoms with Gasteiger partial charge in [0.2, 0.25) is 23.6 Å². The van der Waals surface area contributed by atoms with Gasteiger partial charge in [-0.05, 0) is 50.5 Å². The van der Waals surface area contributed by atoms with Crippen LogP contribution in [0.1, 0.15) is 79.4 Å². The summed E-state index contributed by atoms with van der Waals surface area (Å²) in [5.74, 6) is -1.71. The third kappa shape index (κ3) is 20.9. The average Bonchev–Trinajstić information content (AvgIpc) is 3.92. The maximum absolute atomic E-state index is 12.8. The van der Waals surface area contributed by atoms with E-state index in [4.69, 9.17) is 9.47 Å². The first-order valence-electron chi connectivity index (χ1n) is 19.4. The van der Waals surface area contributed by atoms with Gasteiger partial charge in [0.25, 0.3) is 0 Å². The van der Waals surface area contributed by atoms with Crippen molar-refractivity contribution in [1.82, 2.24) is 26.2 Å². The molecule has 0 aliphatic carbocycles. The predicted molar refractivity (Wildman–Crippen MR) is 214 cm³/mol. The first kappa shape index (κ1) is 47.9. The van der Waals surface area contributed by atoms with Crippen LogP contribution in [-0.2, 0) is 39.9 Å². The number of amides is 4. The molecule has 0 bridgehead atoms. The van der Waals surface area contributed by atoms with Gasteiger partial charge in [-0.25, -0.2) is 0 Å². The van der Waals surface area contributed by atoms with E-state index in [0.717, 1.165) is 6.42 Å². The number of ether oxygens (including phenoxy) is 2. The molecule has 12 heteroatoms. The molecule has 2 aromatic rings. The van der Waals surface area contributed by atoms with Gasteiger partial charge in [0.05, 0.1) is 45.5 Å². The summed E-state index contributed by atoms with van der Waals surface area (Å²) in [5.41, 5.74) is 1.87. The highest BCUT2D eigenvalue weighted by molar-refractivity contribution is 5.97. The van der Waals surface area contributed by atoms with Gasteiger partial charge in [0.1, 0.15) is 11.6 Å². The molecule has 2 aliphatic rings. The zero-order valence-corrected chi connectivity index (χ0v) is 34.2. The molecular formula is C42H67N5O7. The summed E-state index contributed by atoms with van der Waals surface area (Å²) >= 11 is 0. The van der Waals surface area contributed by atoms with Crippen molar-refractivity contribution in [3.8, 4) is 0 Å². The number of nitrogens with zero attached hydrogens (tertiary/aromatic N) is 1. The van der Waals surface area contributed by atoms with E-state index in [2.05, 4.69) is 71.5 Å². The molecule has 302 valence electrons. The summed E-state index contributed by atoms with van der Waals surface area (Å²) in [7, 11) is 0. The van der Waals surface area contributed by atoms with Crippen molar-refractivity contribution in [2.24, 2.45) is 11.8 Å². The zero-order chi connectivity index (χ0) is 40.5. The van der Waals surface area contributed by atoms with Crippen molar-refractivity contribution in [1.29, 1.82) is 0 Å². The Morgan fingerprint density at radius 3 is 1.67 bits per heavy atom. The number of ketones is 1. The quantitative estimate of drug-likeness (QED) is 0.186. The lowest BCUT2D eigenvalue weighted by atomic mass is 9.93. The molecule has 1 unspecified atom stereocenters. The number of rotatable bonds is 16. The molecule has 0 aromatic heterocycles. The van der Waals surface area contributed by atoms with Gasteiger partial charge in [-0.3, -0.25) is 28.9 Å². The van der Waals surface area contributed by atoms with Crippen LogP contribution < -0.4 is 21.3 Å². The fourth-order valence-corrected chi connectivity index (χ4v) is 5.25. The molecule has 0 spiro atoms. The lowest BCUT2D eigenvalue weighted by Gasteiger charge is -2.25. The molecule has 4 amide bonds. The number of hydrogen-bond donors (Lipinski definition) is 4. The fraction of sp³-hybridized carbons (Fsp3) is 0.595. The largest absolute Gasteiger partial charge is 0.379 e. The molecular weight excluding hydrogens is 686 g/mol. The highest BCUT2D eigenvalue weighted by Crippen LogP contribution is 2.29. The molecule has 2 heterocycles.